The van der Waals surface area contributed by atoms with E-state index in [9.17, 15) is 4.79 Å². The van der Waals surface area contributed by atoms with Crippen molar-refractivity contribution in [3.05, 3.63) is 29.3 Å². The molecule has 1 aromatic rings. The van der Waals surface area contributed by atoms with Gasteiger partial charge in [-0.3, -0.25) is 4.79 Å². The Morgan fingerprint density at radius 1 is 1.42 bits per heavy atom. The molecule has 0 saturated heterocycles. The Hall–Kier alpha value is -1.51. The first kappa shape index (κ1) is 13.9. The fraction of sp³-hybridized carbons (Fsp3) is 0.562. The molecule has 2 unspecified atom stereocenters. The van der Waals surface area contributed by atoms with E-state index in [0.29, 0.717) is 18.4 Å². The molecule has 0 bridgehead atoms. The fourth-order valence-electron chi connectivity index (χ4n) is 2.81. The zero-order valence-electron chi connectivity index (χ0n) is 12.2. The largest absolute Gasteiger partial charge is 0.481 e. The third-order valence-electron chi connectivity index (χ3n) is 3.99. The van der Waals surface area contributed by atoms with Crippen molar-refractivity contribution >= 4 is 11.7 Å². The van der Waals surface area contributed by atoms with Crippen molar-refractivity contribution in [2.75, 3.05) is 11.4 Å². The number of carboxylic acids is 1. The molecule has 0 aromatic heterocycles. The number of nitrogens with zero attached hydrogens (tertiary/aromatic N) is 1. The molecule has 104 valence electrons. The SMILES string of the molecule is CC(Cc1ccc2c(c1)C(C)CN2C(C)C)C(=O)O. The highest BCUT2D eigenvalue weighted by Gasteiger charge is 2.27. The average Bonchev–Trinajstić information content (AvgIpc) is 2.67. The van der Waals surface area contributed by atoms with Crippen LogP contribution in [0.15, 0.2) is 18.2 Å². The molecule has 0 amide bonds. The highest BCUT2D eigenvalue weighted by Crippen LogP contribution is 2.38. The summed E-state index contributed by atoms with van der Waals surface area (Å²) < 4.78 is 0. The molecule has 0 radical (unpaired) electrons. The maximum absolute atomic E-state index is 10.9. The van der Waals surface area contributed by atoms with Crippen LogP contribution in [-0.2, 0) is 11.2 Å². The maximum atomic E-state index is 10.9. The summed E-state index contributed by atoms with van der Waals surface area (Å²) in [5.74, 6) is -0.522. The average molecular weight is 261 g/mol. The van der Waals surface area contributed by atoms with Crippen molar-refractivity contribution in [1.29, 1.82) is 0 Å². The third kappa shape index (κ3) is 2.75. The number of carboxylic acid groups (broad SMARTS) is 1. The van der Waals surface area contributed by atoms with Gasteiger partial charge in [0.2, 0.25) is 0 Å². The second-order valence-corrected chi connectivity index (χ2v) is 5.98. The maximum Gasteiger partial charge on any atom is 0.306 e. The number of rotatable bonds is 4. The molecular formula is C16H23NO2. The van der Waals surface area contributed by atoms with Gasteiger partial charge in [0.25, 0.3) is 0 Å². The predicted molar refractivity (Wildman–Crippen MR) is 77.8 cm³/mol. The van der Waals surface area contributed by atoms with Gasteiger partial charge in [-0.25, -0.2) is 0 Å². The molecule has 0 aliphatic carbocycles. The Morgan fingerprint density at radius 2 is 2.11 bits per heavy atom. The first-order valence-corrected chi connectivity index (χ1v) is 7.02. The summed E-state index contributed by atoms with van der Waals surface area (Å²) in [6.07, 6.45) is 0.608. The lowest BCUT2D eigenvalue weighted by atomic mass is 9.96. The molecular weight excluding hydrogens is 238 g/mol. The molecule has 1 aliphatic heterocycles. The molecule has 0 saturated carbocycles. The lowest BCUT2D eigenvalue weighted by molar-refractivity contribution is -0.141. The van der Waals surface area contributed by atoms with Crippen molar-refractivity contribution in [2.24, 2.45) is 5.92 Å². The van der Waals surface area contributed by atoms with Gasteiger partial charge in [0.1, 0.15) is 0 Å². The van der Waals surface area contributed by atoms with E-state index in [0.717, 1.165) is 12.1 Å². The number of benzene rings is 1. The number of carbonyl (C=O) groups is 1. The third-order valence-corrected chi connectivity index (χ3v) is 3.99. The second-order valence-electron chi connectivity index (χ2n) is 5.98. The van der Waals surface area contributed by atoms with E-state index in [-0.39, 0.29) is 5.92 Å². The van der Waals surface area contributed by atoms with E-state index in [1.807, 2.05) is 0 Å². The van der Waals surface area contributed by atoms with Crippen LogP contribution < -0.4 is 4.90 Å². The van der Waals surface area contributed by atoms with E-state index in [2.05, 4.69) is 43.9 Å². The minimum atomic E-state index is -0.725. The number of fused-ring (bicyclic) bond motifs is 1. The number of anilines is 1. The standard InChI is InChI=1S/C16H23NO2/c1-10(2)17-9-12(4)14-8-13(5-6-15(14)17)7-11(3)16(18)19/h5-6,8,10-12H,7,9H2,1-4H3,(H,18,19). The summed E-state index contributed by atoms with van der Waals surface area (Å²) in [6, 6.07) is 6.93. The van der Waals surface area contributed by atoms with Crippen LogP contribution >= 0.6 is 0 Å². The smallest absolute Gasteiger partial charge is 0.306 e. The van der Waals surface area contributed by atoms with Crippen LogP contribution in [0.1, 0.15) is 44.7 Å². The van der Waals surface area contributed by atoms with Crippen molar-refractivity contribution in [3.8, 4) is 0 Å². The van der Waals surface area contributed by atoms with Crippen molar-refractivity contribution in [2.45, 2.75) is 46.1 Å². The van der Waals surface area contributed by atoms with Crippen molar-refractivity contribution in [3.63, 3.8) is 0 Å². The topological polar surface area (TPSA) is 40.5 Å². The summed E-state index contributed by atoms with van der Waals surface area (Å²) >= 11 is 0. The molecule has 1 heterocycles. The summed E-state index contributed by atoms with van der Waals surface area (Å²) in [6.45, 7) is 9.49. The van der Waals surface area contributed by atoms with Gasteiger partial charge in [0.15, 0.2) is 0 Å². The van der Waals surface area contributed by atoms with E-state index in [1.54, 1.807) is 6.92 Å². The Morgan fingerprint density at radius 3 is 2.68 bits per heavy atom. The molecule has 1 N–H and O–H groups in total. The van der Waals surface area contributed by atoms with Gasteiger partial charge in [-0.2, -0.15) is 0 Å². The zero-order chi connectivity index (χ0) is 14.2. The highest BCUT2D eigenvalue weighted by atomic mass is 16.4. The lowest BCUT2D eigenvalue weighted by Crippen LogP contribution is -2.28. The Balaban J connectivity index is 2.25. The van der Waals surface area contributed by atoms with E-state index >= 15 is 0 Å². The van der Waals surface area contributed by atoms with Crippen molar-refractivity contribution in [1.82, 2.24) is 0 Å². The quantitative estimate of drug-likeness (QED) is 0.904. The molecule has 2 rings (SSSR count). The molecule has 3 heteroatoms. The second kappa shape index (κ2) is 5.24. The molecule has 0 spiro atoms. The van der Waals surface area contributed by atoms with Crippen LogP contribution in [-0.4, -0.2) is 23.7 Å². The normalized spacial score (nSPS) is 19.6. The van der Waals surface area contributed by atoms with Gasteiger partial charge in [-0.05, 0) is 37.5 Å². The zero-order valence-corrected chi connectivity index (χ0v) is 12.2. The Labute approximate surface area is 115 Å². The first-order chi connectivity index (χ1) is 8.90. The van der Waals surface area contributed by atoms with Gasteiger partial charge >= 0.3 is 5.97 Å². The lowest BCUT2D eigenvalue weighted by Gasteiger charge is -2.24. The van der Waals surface area contributed by atoms with E-state index in [4.69, 9.17) is 5.11 Å². The highest BCUT2D eigenvalue weighted by molar-refractivity contribution is 5.70. The summed E-state index contributed by atoms with van der Waals surface area (Å²) in [4.78, 5) is 13.4. The van der Waals surface area contributed by atoms with Crippen LogP contribution in [0.5, 0.6) is 0 Å². The fourth-order valence-corrected chi connectivity index (χ4v) is 2.81. The minimum absolute atomic E-state index is 0.323. The summed E-state index contributed by atoms with van der Waals surface area (Å²) in [5.41, 5.74) is 3.81. The van der Waals surface area contributed by atoms with E-state index in [1.165, 1.54) is 11.3 Å². The van der Waals surface area contributed by atoms with Crippen LogP contribution in [0.2, 0.25) is 0 Å². The Kier molecular flexibility index (Phi) is 3.83. The molecule has 0 fully saturated rings. The summed E-state index contributed by atoms with van der Waals surface area (Å²) in [5, 5.41) is 9.00. The van der Waals surface area contributed by atoms with Gasteiger partial charge in [0.05, 0.1) is 5.92 Å². The van der Waals surface area contributed by atoms with Gasteiger partial charge in [0, 0.05) is 24.2 Å². The number of hydrogen-bond acceptors (Lipinski definition) is 2. The predicted octanol–water partition coefficient (Wildman–Crippen LogP) is 3.28. The number of aliphatic carboxylic acids is 1. The molecule has 1 aliphatic rings. The van der Waals surface area contributed by atoms with Crippen LogP contribution in [0.3, 0.4) is 0 Å². The van der Waals surface area contributed by atoms with Gasteiger partial charge < -0.3 is 10.0 Å². The van der Waals surface area contributed by atoms with Crippen molar-refractivity contribution < 1.29 is 9.90 Å². The molecule has 3 nitrogen and oxygen atoms in total. The first-order valence-electron chi connectivity index (χ1n) is 7.02. The molecule has 2 atom stereocenters. The summed E-state index contributed by atoms with van der Waals surface area (Å²) in [7, 11) is 0. The minimum Gasteiger partial charge on any atom is -0.481 e. The van der Waals surface area contributed by atoms with Gasteiger partial charge in [-0.15, -0.1) is 0 Å². The van der Waals surface area contributed by atoms with Crippen LogP contribution in [0, 0.1) is 5.92 Å². The van der Waals surface area contributed by atoms with Crippen LogP contribution in [0.25, 0.3) is 0 Å². The monoisotopic (exact) mass is 261 g/mol. The number of hydrogen-bond donors (Lipinski definition) is 1. The van der Waals surface area contributed by atoms with Gasteiger partial charge in [-0.1, -0.05) is 26.0 Å². The van der Waals surface area contributed by atoms with Crippen LogP contribution in [0.4, 0.5) is 5.69 Å². The molecule has 19 heavy (non-hydrogen) atoms. The molecule has 1 aromatic carbocycles. The van der Waals surface area contributed by atoms with E-state index < -0.39 is 5.97 Å². The Bertz CT molecular complexity index is 482.